The average molecular weight is 264 g/mol. The minimum absolute atomic E-state index is 0.0818. The molecule has 3 nitrogen and oxygen atoms in total. The molecule has 0 bridgehead atoms. The Morgan fingerprint density at radius 1 is 1.37 bits per heavy atom. The zero-order valence-electron chi connectivity index (χ0n) is 11.3. The second-order valence-electron chi connectivity index (χ2n) is 5.44. The summed E-state index contributed by atoms with van der Waals surface area (Å²) >= 11 is 0. The Morgan fingerprint density at radius 2 is 2.05 bits per heavy atom. The zero-order valence-corrected chi connectivity index (χ0v) is 11.3. The van der Waals surface area contributed by atoms with Crippen LogP contribution in [-0.2, 0) is 11.3 Å². The smallest absolute Gasteiger partial charge is 0.225 e. The Bertz CT molecular complexity index is 442. The van der Waals surface area contributed by atoms with Gasteiger partial charge in [0, 0.05) is 25.6 Å². The van der Waals surface area contributed by atoms with Crippen LogP contribution < -0.4 is 5.73 Å². The summed E-state index contributed by atoms with van der Waals surface area (Å²) in [7, 11) is 1.78. The van der Waals surface area contributed by atoms with Gasteiger partial charge in [0.05, 0.1) is 0 Å². The molecule has 1 amide bonds. The number of benzene rings is 1. The third-order valence-electron chi connectivity index (χ3n) is 3.81. The average Bonchev–Trinajstić information content (AvgIpc) is 2.39. The van der Waals surface area contributed by atoms with Gasteiger partial charge in [-0.3, -0.25) is 4.79 Å². The van der Waals surface area contributed by atoms with Gasteiger partial charge in [-0.1, -0.05) is 12.1 Å². The van der Waals surface area contributed by atoms with E-state index in [4.69, 9.17) is 5.73 Å². The molecule has 0 spiro atoms. The zero-order chi connectivity index (χ0) is 13.8. The fraction of sp³-hybridized carbons (Fsp3) is 0.533. The molecule has 1 fully saturated rings. The van der Waals surface area contributed by atoms with E-state index in [0.717, 1.165) is 31.2 Å². The van der Waals surface area contributed by atoms with Crippen LogP contribution in [0, 0.1) is 11.7 Å². The van der Waals surface area contributed by atoms with E-state index >= 15 is 0 Å². The van der Waals surface area contributed by atoms with Crippen molar-refractivity contribution in [3.05, 3.63) is 35.6 Å². The van der Waals surface area contributed by atoms with Gasteiger partial charge in [0.1, 0.15) is 5.82 Å². The number of amides is 1. The van der Waals surface area contributed by atoms with Crippen molar-refractivity contribution in [3.8, 4) is 0 Å². The second-order valence-corrected chi connectivity index (χ2v) is 5.44. The molecular formula is C15H21FN2O. The molecule has 1 saturated carbocycles. The molecule has 2 N–H and O–H groups in total. The number of carbonyl (C=O) groups excluding carboxylic acids is 1. The first kappa shape index (κ1) is 14.0. The lowest BCUT2D eigenvalue weighted by molar-refractivity contribution is -0.135. The van der Waals surface area contributed by atoms with Gasteiger partial charge in [-0.05, 0) is 43.4 Å². The molecule has 1 aliphatic rings. The maximum Gasteiger partial charge on any atom is 0.225 e. The van der Waals surface area contributed by atoms with Crippen molar-refractivity contribution in [3.63, 3.8) is 0 Å². The van der Waals surface area contributed by atoms with Gasteiger partial charge < -0.3 is 10.6 Å². The highest BCUT2D eigenvalue weighted by Gasteiger charge is 2.26. The van der Waals surface area contributed by atoms with Gasteiger partial charge in [0.2, 0.25) is 5.91 Å². The second kappa shape index (κ2) is 6.15. The summed E-state index contributed by atoms with van der Waals surface area (Å²) in [6.07, 6.45) is 3.58. The Hall–Kier alpha value is -1.42. The lowest BCUT2D eigenvalue weighted by atomic mass is 9.85. The first-order valence-electron chi connectivity index (χ1n) is 6.81. The maximum absolute atomic E-state index is 13.1. The van der Waals surface area contributed by atoms with E-state index in [1.807, 2.05) is 6.07 Å². The van der Waals surface area contributed by atoms with Crippen molar-refractivity contribution >= 4 is 5.91 Å². The highest BCUT2D eigenvalue weighted by Crippen LogP contribution is 2.25. The number of rotatable bonds is 3. The van der Waals surface area contributed by atoms with E-state index in [1.54, 1.807) is 18.0 Å². The molecule has 104 valence electrons. The summed E-state index contributed by atoms with van der Waals surface area (Å²) in [5.41, 5.74) is 6.67. The van der Waals surface area contributed by atoms with Crippen molar-refractivity contribution in [1.29, 1.82) is 0 Å². The Morgan fingerprint density at radius 3 is 2.68 bits per heavy atom. The monoisotopic (exact) mass is 264 g/mol. The fourth-order valence-electron chi connectivity index (χ4n) is 2.66. The van der Waals surface area contributed by atoms with Gasteiger partial charge in [-0.25, -0.2) is 4.39 Å². The number of nitrogens with zero attached hydrogens (tertiary/aromatic N) is 1. The van der Waals surface area contributed by atoms with Crippen molar-refractivity contribution < 1.29 is 9.18 Å². The van der Waals surface area contributed by atoms with Crippen molar-refractivity contribution in [2.75, 3.05) is 7.05 Å². The van der Waals surface area contributed by atoms with Gasteiger partial charge in [-0.2, -0.15) is 0 Å². The first-order chi connectivity index (χ1) is 9.06. The Labute approximate surface area is 113 Å². The molecule has 1 aliphatic carbocycles. The number of hydrogen-bond acceptors (Lipinski definition) is 2. The third-order valence-corrected chi connectivity index (χ3v) is 3.81. The van der Waals surface area contributed by atoms with Crippen LogP contribution in [0.2, 0.25) is 0 Å². The molecule has 0 heterocycles. The standard InChI is InChI=1S/C15H21FN2O/c1-18(10-11-3-2-4-13(16)9-11)15(19)12-5-7-14(17)8-6-12/h2-4,9,12,14H,5-8,10,17H2,1H3. The van der Waals surface area contributed by atoms with Gasteiger partial charge >= 0.3 is 0 Å². The Kier molecular flexibility index (Phi) is 4.53. The van der Waals surface area contributed by atoms with Gasteiger partial charge in [-0.15, -0.1) is 0 Å². The lowest BCUT2D eigenvalue weighted by Crippen LogP contribution is -2.37. The third kappa shape index (κ3) is 3.77. The van der Waals surface area contributed by atoms with Crippen LogP contribution in [0.5, 0.6) is 0 Å². The van der Waals surface area contributed by atoms with E-state index in [1.165, 1.54) is 12.1 Å². The highest BCUT2D eigenvalue weighted by molar-refractivity contribution is 5.78. The molecule has 2 rings (SSSR count). The minimum atomic E-state index is -0.262. The predicted octanol–water partition coefficient (Wildman–Crippen LogP) is 2.30. The lowest BCUT2D eigenvalue weighted by Gasteiger charge is -2.29. The van der Waals surface area contributed by atoms with E-state index in [2.05, 4.69) is 0 Å². The fourth-order valence-corrected chi connectivity index (χ4v) is 2.66. The van der Waals surface area contributed by atoms with Gasteiger partial charge in [0.15, 0.2) is 0 Å². The van der Waals surface area contributed by atoms with E-state index < -0.39 is 0 Å². The molecule has 0 unspecified atom stereocenters. The maximum atomic E-state index is 13.1. The summed E-state index contributed by atoms with van der Waals surface area (Å²) < 4.78 is 13.1. The van der Waals surface area contributed by atoms with E-state index in [-0.39, 0.29) is 23.7 Å². The normalized spacial score (nSPS) is 23.1. The topological polar surface area (TPSA) is 46.3 Å². The molecule has 4 heteroatoms. The van der Waals surface area contributed by atoms with Crippen LogP contribution in [0.25, 0.3) is 0 Å². The summed E-state index contributed by atoms with van der Waals surface area (Å²) in [5.74, 6) is -0.0310. The highest BCUT2D eigenvalue weighted by atomic mass is 19.1. The van der Waals surface area contributed by atoms with Crippen molar-refractivity contribution in [1.82, 2.24) is 4.90 Å². The van der Waals surface area contributed by atoms with Crippen LogP contribution in [0.15, 0.2) is 24.3 Å². The quantitative estimate of drug-likeness (QED) is 0.910. The van der Waals surface area contributed by atoms with Crippen LogP contribution in [0.4, 0.5) is 4.39 Å². The van der Waals surface area contributed by atoms with Crippen LogP contribution in [0.1, 0.15) is 31.2 Å². The van der Waals surface area contributed by atoms with Crippen molar-refractivity contribution in [2.45, 2.75) is 38.3 Å². The molecule has 0 radical (unpaired) electrons. The van der Waals surface area contributed by atoms with E-state index in [9.17, 15) is 9.18 Å². The number of halogens is 1. The van der Waals surface area contributed by atoms with Crippen LogP contribution >= 0.6 is 0 Å². The largest absolute Gasteiger partial charge is 0.341 e. The molecule has 1 aromatic carbocycles. The van der Waals surface area contributed by atoms with Gasteiger partial charge in [0.25, 0.3) is 0 Å². The molecule has 0 atom stereocenters. The van der Waals surface area contributed by atoms with Crippen molar-refractivity contribution in [2.24, 2.45) is 11.7 Å². The molecule has 0 aromatic heterocycles. The van der Waals surface area contributed by atoms with Crippen LogP contribution in [0.3, 0.4) is 0 Å². The molecule has 0 saturated heterocycles. The number of nitrogens with two attached hydrogens (primary N) is 1. The van der Waals surface area contributed by atoms with E-state index in [0.29, 0.717) is 6.54 Å². The Balaban J connectivity index is 1.92. The SMILES string of the molecule is CN(Cc1cccc(F)c1)C(=O)C1CCC(N)CC1. The van der Waals surface area contributed by atoms with Crippen LogP contribution in [-0.4, -0.2) is 23.9 Å². The predicted molar refractivity (Wildman–Crippen MR) is 72.8 cm³/mol. The summed E-state index contributed by atoms with van der Waals surface area (Å²) in [6.45, 7) is 0.457. The summed E-state index contributed by atoms with van der Waals surface area (Å²) in [5, 5.41) is 0. The number of hydrogen-bond donors (Lipinski definition) is 1. The summed E-state index contributed by atoms with van der Waals surface area (Å²) in [4.78, 5) is 14.0. The number of carbonyl (C=O) groups is 1. The molecule has 0 aliphatic heterocycles. The minimum Gasteiger partial charge on any atom is -0.341 e. The molecular weight excluding hydrogens is 243 g/mol. The molecule has 19 heavy (non-hydrogen) atoms. The first-order valence-corrected chi connectivity index (χ1v) is 6.81. The summed E-state index contributed by atoms with van der Waals surface area (Å²) in [6, 6.07) is 6.64. The molecule has 1 aromatic rings.